The quantitative estimate of drug-likeness (QED) is 0.935. The molecule has 1 N–H and O–H groups in total. The van der Waals surface area contributed by atoms with Crippen molar-refractivity contribution in [3.8, 4) is 0 Å². The molecule has 1 atom stereocenters. The summed E-state index contributed by atoms with van der Waals surface area (Å²) in [4.78, 5) is 18.7. The maximum atomic E-state index is 12.3. The Balaban J connectivity index is 1.70. The Kier molecular flexibility index (Phi) is 4.01. The van der Waals surface area contributed by atoms with Gasteiger partial charge in [-0.2, -0.15) is 0 Å². The Labute approximate surface area is 123 Å². The zero-order valence-corrected chi connectivity index (χ0v) is 12.1. The number of carbonyl (C=O) groups excluding carboxylic acids is 1. The molecule has 2 heterocycles. The van der Waals surface area contributed by atoms with Gasteiger partial charge in [0.15, 0.2) is 0 Å². The number of pyridine rings is 1. The highest BCUT2D eigenvalue weighted by atomic mass is 16.5. The predicted molar refractivity (Wildman–Crippen MR) is 82.2 cm³/mol. The molecule has 1 unspecified atom stereocenters. The molecule has 0 spiro atoms. The first-order valence-electron chi connectivity index (χ1n) is 7.23. The van der Waals surface area contributed by atoms with Gasteiger partial charge >= 0.3 is 0 Å². The number of ether oxygens (including phenoxy) is 1. The second-order valence-electron chi connectivity index (χ2n) is 5.19. The summed E-state index contributed by atoms with van der Waals surface area (Å²) in [6, 6.07) is 11.6. The number of amides is 1. The zero-order valence-electron chi connectivity index (χ0n) is 12.1. The molecule has 0 aliphatic carbocycles. The van der Waals surface area contributed by atoms with Crippen molar-refractivity contribution < 1.29 is 9.53 Å². The van der Waals surface area contributed by atoms with Gasteiger partial charge in [0, 0.05) is 18.5 Å². The van der Waals surface area contributed by atoms with Crippen LogP contribution in [0, 0.1) is 0 Å². The van der Waals surface area contributed by atoms with E-state index in [-0.39, 0.29) is 11.9 Å². The van der Waals surface area contributed by atoms with Crippen molar-refractivity contribution in [2.45, 2.75) is 13.0 Å². The van der Waals surface area contributed by atoms with Crippen molar-refractivity contribution in [3.63, 3.8) is 0 Å². The van der Waals surface area contributed by atoms with Gasteiger partial charge in [-0.05, 0) is 25.1 Å². The number of benzene rings is 1. The topological polar surface area (TPSA) is 54.5 Å². The van der Waals surface area contributed by atoms with E-state index in [2.05, 4.69) is 10.3 Å². The average Bonchev–Trinajstić information content (AvgIpc) is 2.55. The molecule has 110 valence electrons. The molecule has 0 radical (unpaired) electrons. The van der Waals surface area contributed by atoms with Gasteiger partial charge in [0.2, 0.25) is 5.91 Å². The molecule has 1 aliphatic rings. The fourth-order valence-corrected chi connectivity index (χ4v) is 2.49. The van der Waals surface area contributed by atoms with Gasteiger partial charge in [-0.15, -0.1) is 0 Å². The third-order valence-corrected chi connectivity index (χ3v) is 3.66. The third kappa shape index (κ3) is 3.13. The molecule has 2 aromatic rings. The molecule has 1 aromatic heterocycles. The summed E-state index contributed by atoms with van der Waals surface area (Å²) in [5.41, 5.74) is 0.925. The van der Waals surface area contributed by atoms with Crippen LogP contribution < -0.4 is 5.32 Å². The van der Waals surface area contributed by atoms with E-state index < -0.39 is 0 Å². The second-order valence-corrected chi connectivity index (χ2v) is 5.19. The lowest BCUT2D eigenvalue weighted by atomic mass is 10.2. The Morgan fingerprint density at radius 2 is 2.00 bits per heavy atom. The number of morpholine rings is 1. The smallest absolute Gasteiger partial charge is 0.244 e. The molecule has 1 aromatic carbocycles. The molecular formula is C16H19N3O2. The number of nitrogens with zero attached hydrogens (tertiary/aromatic N) is 2. The number of carbonyl (C=O) groups is 1. The monoisotopic (exact) mass is 285 g/mol. The molecule has 5 nitrogen and oxygen atoms in total. The van der Waals surface area contributed by atoms with Crippen LogP contribution in [0.4, 0.5) is 5.82 Å². The third-order valence-electron chi connectivity index (χ3n) is 3.66. The normalized spacial score (nSPS) is 16.7. The zero-order chi connectivity index (χ0) is 14.7. The standard InChI is InChI=1S/C16H19N3O2/c1-12(16(20)19-8-10-21-11-9-19)17-15-7-6-13-4-2-3-5-14(13)18-15/h2-7,12H,8-11H2,1H3,(H,17,18). The molecule has 1 saturated heterocycles. The van der Waals surface area contributed by atoms with Crippen LogP contribution in [0.3, 0.4) is 0 Å². The summed E-state index contributed by atoms with van der Waals surface area (Å²) in [5, 5.41) is 4.28. The largest absolute Gasteiger partial charge is 0.378 e. The number of anilines is 1. The van der Waals surface area contributed by atoms with E-state index >= 15 is 0 Å². The highest BCUT2D eigenvalue weighted by Crippen LogP contribution is 2.15. The molecule has 0 saturated carbocycles. The molecule has 3 rings (SSSR count). The summed E-state index contributed by atoms with van der Waals surface area (Å²) >= 11 is 0. The van der Waals surface area contributed by atoms with Gasteiger partial charge in [-0.25, -0.2) is 4.98 Å². The molecule has 1 amide bonds. The van der Waals surface area contributed by atoms with E-state index in [1.807, 2.05) is 48.2 Å². The van der Waals surface area contributed by atoms with E-state index in [1.54, 1.807) is 0 Å². The van der Waals surface area contributed by atoms with E-state index in [4.69, 9.17) is 4.74 Å². The van der Waals surface area contributed by atoms with Crippen LogP contribution in [-0.4, -0.2) is 48.1 Å². The van der Waals surface area contributed by atoms with Crippen LogP contribution in [0.15, 0.2) is 36.4 Å². The highest BCUT2D eigenvalue weighted by molar-refractivity contribution is 5.85. The summed E-state index contributed by atoms with van der Waals surface area (Å²) in [5.74, 6) is 0.816. The molecular weight excluding hydrogens is 266 g/mol. The number of para-hydroxylation sites is 1. The van der Waals surface area contributed by atoms with Crippen LogP contribution in [0.1, 0.15) is 6.92 Å². The van der Waals surface area contributed by atoms with Gasteiger partial charge in [0.1, 0.15) is 11.9 Å². The average molecular weight is 285 g/mol. The summed E-state index contributed by atoms with van der Waals surface area (Å²) in [7, 11) is 0. The van der Waals surface area contributed by atoms with Crippen LogP contribution >= 0.6 is 0 Å². The lowest BCUT2D eigenvalue weighted by Gasteiger charge is -2.29. The van der Waals surface area contributed by atoms with E-state index in [1.165, 1.54) is 0 Å². The summed E-state index contributed by atoms with van der Waals surface area (Å²) < 4.78 is 5.27. The Hall–Kier alpha value is -2.14. The van der Waals surface area contributed by atoms with Gasteiger partial charge < -0.3 is 15.0 Å². The van der Waals surface area contributed by atoms with Crippen molar-refractivity contribution in [1.82, 2.24) is 9.88 Å². The van der Waals surface area contributed by atoms with E-state index in [0.29, 0.717) is 26.3 Å². The van der Waals surface area contributed by atoms with Gasteiger partial charge in [0.05, 0.1) is 18.7 Å². The molecule has 1 aliphatic heterocycles. The second kappa shape index (κ2) is 6.10. The van der Waals surface area contributed by atoms with Crippen molar-refractivity contribution in [2.75, 3.05) is 31.6 Å². The number of hydrogen-bond acceptors (Lipinski definition) is 4. The van der Waals surface area contributed by atoms with Gasteiger partial charge in [-0.3, -0.25) is 4.79 Å². The summed E-state index contributed by atoms with van der Waals surface area (Å²) in [6.07, 6.45) is 0. The van der Waals surface area contributed by atoms with Crippen molar-refractivity contribution >= 4 is 22.6 Å². The Bertz CT molecular complexity index is 638. The van der Waals surface area contributed by atoms with Crippen LogP contribution in [-0.2, 0) is 9.53 Å². The maximum Gasteiger partial charge on any atom is 0.244 e. The fraction of sp³-hybridized carbons (Fsp3) is 0.375. The molecule has 21 heavy (non-hydrogen) atoms. The summed E-state index contributed by atoms with van der Waals surface area (Å²) in [6.45, 7) is 4.43. The number of aromatic nitrogens is 1. The van der Waals surface area contributed by atoms with Crippen molar-refractivity contribution in [1.29, 1.82) is 0 Å². The van der Waals surface area contributed by atoms with E-state index in [0.717, 1.165) is 16.7 Å². The highest BCUT2D eigenvalue weighted by Gasteiger charge is 2.22. The van der Waals surface area contributed by atoms with E-state index in [9.17, 15) is 4.79 Å². The maximum absolute atomic E-state index is 12.3. The predicted octanol–water partition coefficient (Wildman–Crippen LogP) is 1.89. The van der Waals surface area contributed by atoms with Crippen molar-refractivity contribution in [2.24, 2.45) is 0 Å². The van der Waals surface area contributed by atoms with Crippen LogP contribution in [0.5, 0.6) is 0 Å². The molecule has 0 bridgehead atoms. The Morgan fingerprint density at radius 3 is 2.81 bits per heavy atom. The Morgan fingerprint density at radius 1 is 1.24 bits per heavy atom. The minimum Gasteiger partial charge on any atom is -0.378 e. The van der Waals surface area contributed by atoms with Crippen LogP contribution in [0.25, 0.3) is 10.9 Å². The lowest BCUT2D eigenvalue weighted by molar-refractivity contribution is -0.135. The number of rotatable bonds is 3. The van der Waals surface area contributed by atoms with Crippen molar-refractivity contribution in [3.05, 3.63) is 36.4 Å². The molecule has 1 fully saturated rings. The minimum atomic E-state index is -0.295. The first-order valence-corrected chi connectivity index (χ1v) is 7.23. The van der Waals surface area contributed by atoms with Gasteiger partial charge in [0.25, 0.3) is 0 Å². The number of nitrogens with one attached hydrogen (secondary N) is 1. The first-order chi connectivity index (χ1) is 10.2. The molecule has 5 heteroatoms. The minimum absolute atomic E-state index is 0.0910. The number of hydrogen-bond donors (Lipinski definition) is 1. The first kappa shape index (κ1) is 13.8. The van der Waals surface area contributed by atoms with Gasteiger partial charge in [-0.1, -0.05) is 18.2 Å². The fourth-order valence-electron chi connectivity index (χ4n) is 2.49. The lowest BCUT2D eigenvalue weighted by Crippen LogP contribution is -2.47. The SMILES string of the molecule is CC(Nc1ccc2ccccc2n1)C(=O)N1CCOCC1. The van der Waals surface area contributed by atoms with Crippen LogP contribution in [0.2, 0.25) is 0 Å². The number of fused-ring (bicyclic) bond motifs is 1.